The highest BCUT2D eigenvalue weighted by Gasteiger charge is 2.23. The lowest BCUT2D eigenvalue weighted by atomic mass is 10.3. The van der Waals surface area contributed by atoms with Crippen molar-refractivity contribution in [2.24, 2.45) is 0 Å². The van der Waals surface area contributed by atoms with Gasteiger partial charge in [0, 0.05) is 4.88 Å². The summed E-state index contributed by atoms with van der Waals surface area (Å²) in [5.74, 6) is -0.755. The summed E-state index contributed by atoms with van der Waals surface area (Å²) in [5, 5.41) is 0.304. The molecular weight excluding hydrogens is 301 g/mol. The Bertz CT molecular complexity index is 750. The van der Waals surface area contributed by atoms with Crippen LogP contribution in [0, 0.1) is 5.82 Å². The second-order valence-corrected chi connectivity index (χ2v) is 7.23. The number of rotatable bonds is 3. The second-order valence-electron chi connectivity index (χ2n) is 4.50. The number of benzene rings is 1. The van der Waals surface area contributed by atoms with Gasteiger partial charge in [-0.3, -0.25) is 4.72 Å². The van der Waals surface area contributed by atoms with Crippen molar-refractivity contribution in [3.63, 3.8) is 0 Å². The fourth-order valence-electron chi connectivity index (χ4n) is 2.16. The van der Waals surface area contributed by atoms with Crippen LogP contribution in [0.3, 0.4) is 0 Å². The summed E-state index contributed by atoms with van der Waals surface area (Å²) < 4.78 is 40.1. The summed E-state index contributed by atoms with van der Waals surface area (Å²) in [7, 11) is -3.92. The summed E-state index contributed by atoms with van der Waals surface area (Å²) in [6.45, 7) is 0. The van der Waals surface area contributed by atoms with Crippen LogP contribution in [0.25, 0.3) is 0 Å². The molecule has 0 spiro atoms. The Morgan fingerprint density at radius 1 is 1.35 bits per heavy atom. The number of hydrogen-bond donors (Lipinski definition) is 2. The third-order valence-corrected chi connectivity index (χ3v) is 5.72. The highest BCUT2D eigenvalue weighted by Crippen LogP contribution is 2.32. The van der Waals surface area contributed by atoms with Gasteiger partial charge in [-0.15, -0.1) is 11.3 Å². The maximum atomic E-state index is 13.4. The lowest BCUT2D eigenvalue weighted by Gasteiger charge is -2.08. The number of halogens is 1. The molecule has 0 radical (unpaired) electrons. The molecule has 2 aromatic rings. The molecule has 0 aliphatic heterocycles. The molecule has 0 atom stereocenters. The average Bonchev–Trinajstić information content (AvgIpc) is 2.92. The number of thiazole rings is 1. The van der Waals surface area contributed by atoms with Crippen LogP contribution in [0.5, 0.6) is 0 Å². The Hall–Kier alpha value is -1.67. The number of fused-ring (bicyclic) bond motifs is 1. The second kappa shape index (κ2) is 4.71. The van der Waals surface area contributed by atoms with Gasteiger partial charge in [-0.1, -0.05) is 6.07 Å². The molecule has 1 aromatic carbocycles. The monoisotopic (exact) mass is 313 g/mol. The molecule has 0 fully saturated rings. The van der Waals surface area contributed by atoms with Crippen LogP contribution in [0.15, 0.2) is 23.1 Å². The standard InChI is InChI=1S/C12H12FN3O2S2/c13-7-3-1-6-10(11(7)14)20(17,18)16-12-15-8-4-2-5-9(8)19-12/h1,3,6H,2,4-5,14H2,(H,15,16). The molecule has 0 saturated carbocycles. The smallest absolute Gasteiger partial charge is 0.265 e. The fraction of sp³-hybridized carbons (Fsp3) is 0.250. The number of nitrogens with one attached hydrogen (secondary N) is 1. The van der Waals surface area contributed by atoms with Crippen molar-refractivity contribution in [2.45, 2.75) is 24.2 Å². The molecule has 20 heavy (non-hydrogen) atoms. The number of aromatic nitrogens is 1. The highest BCUT2D eigenvalue weighted by molar-refractivity contribution is 7.93. The molecule has 3 N–H and O–H groups in total. The van der Waals surface area contributed by atoms with E-state index in [4.69, 9.17) is 5.73 Å². The maximum absolute atomic E-state index is 13.4. The van der Waals surface area contributed by atoms with E-state index in [1.165, 1.54) is 23.5 Å². The molecule has 1 aromatic heterocycles. The van der Waals surface area contributed by atoms with E-state index in [0.717, 1.165) is 35.9 Å². The van der Waals surface area contributed by atoms with Gasteiger partial charge in [0.05, 0.1) is 11.4 Å². The largest absolute Gasteiger partial charge is 0.395 e. The fourth-order valence-corrected chi connectivity index (χ4v) is 4.58. The van der Waals surface area contributed by atoms with Crippen molar-refractivity contribution in [3.8, 4) is 0 Å². The van der Waals surface area contributed by atoms with Gasteiger partial charge in [-0.05, 0) is 31.4 Å². The van der Waals surface area contributed by atoms with Gasteiger partial charge < -0.3 is 5.73 Å². The molecule has 0 amide bonds. The lowest BCUT2D eigenvalue weighted by molar-refractivity contribution is 0.597. The molecule has 8 heteroatoms. The number of nitrogens with two attached hydrogens (primary N) is 1. The van der Waals surface area contributed by atoms with E-state index in [-0.39, 0.29) is 10.6 Å². The Morgan fingerprint density at radius 3 is 2.90 bits per heavy atom. The van der Waals surface area contributed by atoms with Gasteiger partial charge in [-0.25, -0.2) is 17.8 Å². The molecule has 1 aliphatic carbocycles. The summed E-state index contributed by atoms with van der Waals surface area (Å²) >= 11 is 1.32. The van der Waals surface area contributed by atoms with E-state index in [1.807, 2.05) is 0 Å². The van der Waals surface area contributed by atoms with Crippen LogP contribution in [-0.2, 0) is 22.9 Å². The van der Waals surface area contributed by atoms with Crippen molar-refractivity contribution in [2.75, 3.05) is 10.5 Å². The Morgan fingerprint density at radius 2 is 2.15 bits per heavy atom. The minimum absolute atomic E-state index is 0.271. The number of sulfonamides is 1. The minimum Gasteiger partial charge on any atom is -0.395 e. The number of hydrogen-bond acceptors (Lipinski definition) is 5. The molecule has 5 nitrogen and oxygen atoms in total. The summed E-state index contributed by atoms with van der Waals surface area (Å²) in [6, 6.07) is 3.69. The first-order valence-electron chi connectivity index (χ1n) is 6.03. The Labute approximate surface area is 119 Å². The molecule has 1 heterocycles. The van der Waals surface area contributed by atoms with Crippen LogP contribution in [0.4, 0.5) is 15.2 Å². The van der Waals surface area contributed by atoms with Gasteiger partial charge >= 0.3 is 0 Å². The van der Waals surface area contributed by atoms with Crippen molar-refractivity contribution in [3.05, 3.63) is 34.6 Å². The molecule has 1 aliphatic rings. The van der Waals surface area contributed by atoms with Crippen LogP contribution >= 0.6 is 11.3 Å². The normalized spacial score (nSPS) is 14.2. The number of nitrogen functional groups attached to an aromatic ring is 1. The van der Waals surface area contributed by atoms with E-state index in [2.05, 4.69) is 9.71 Å². The highest BCUT2D eigenvalue weighted by atomic mass is 32.2. The van der Waals surface area contributed by atoms with E-state index < -0.39 is 15.8 Å². The lowest BCUT2D eigenvalue weighted by Crippen LogP contribution is -2.15. The van der Waals surface area contributed by atoms with Crippen LogP contribution in [-0.4, -0.2) is 13.4 Å². The summed E-state index contributed by atoms with van der Waals surface area (Å²) in [6.07, 6.45) is 2.85. The minimum atomic E-state index is -3.92. The molecule has 0 unspecified atom stereocenters. The van der Waals surface area contributed by atoms with Crippen LogP contribution < -0.4 is 10.5 Å². The van der Waals surface area contributed by atoms with E-state index >= 15 is 0 Å². The first-order valence-corrected chi connectivity index (χ1v) is 8.33. The topological polar surface area (TPSA) is 85.1 Å². The molecule has 0 bridgehead atoms. The van der Waals surface area contributed by atoms with Gasteiger partial charge in [0.2, 0.25) is 0 Å². The summed E-state index contributed by atoms with van der Waals surface area (Å²) in [4.78, 5) is 5.08. The predicted octanol–water partition coefficient (Wildman–Crippen LogP) is 2.15. The quantitative estimate of drug-likeness (QED) is 0.850. The summed E-state index contributed by atoms with van der Waals surface area (Å²) in [5.41, 5.74) is 6.04. The number of nitrogens with zero attached hydrogens (tertiary/aromatic N) is 1. The van der Waals surface area contributed by atoms with E-state index in [9.17, 15) is 12.8 Å². The predicted molar refractivity (Wildman–Crippen MR) is 75.8 cm³/mol. The number of para-hydroxylation sites is 1. The van der Waals surface area contributed by atoms with Crippen LogP contribution in [0.1, 0.15) is 17.0 Å². The van der Waals surface area contributed by atoms with Crippen LogP contribution in [0.2, 0.25) is 0 Å². The SMILES string of the molecule is Nc1c(F)cccc1S(=O)(=O)Nc1nc2c(s1)CCC2. The van der Waals surface area contributed by atoms with Gasteiger partial charge in [-0.2, -0.15) is 0 Å². The molecule has 3 rings (SSSR count). The first-order chi connectivity index (χ1) is 9.47. The number of aryl methyl sites for hydroxylation is 2. The maximum Gasteiger partial charge on any atom is 0.265 e. The molecule has 0 saturated heterocycles. The Kier molecular flexibility index (Phi) is 3.14. The number of anilines is 2. The third kappa shape index (κ3) is 2.25. The van der Waals surface area contributed by atoms with Crippen molar-refractivity contribution in [1.82, 2.24) is 4.98 Å². The van der Waals surface area contributed by atoms with Gasteiger partial charge in [0.1, 0.15) is 10.7 Å². The zero-order chi connectivity index (χ0) is 14.3. The molecule has 106 valence electrons. The van der Waals surface area contributed by atoms with Crippen molar-refractivity contribution in [1.29, 1.82) is 0 Å². The van der Waals surface area contributed by atoms with Crippen molar-refractivity contribution >= 4 is 32.2 Å². The molecular formula is C12H12FN3O2S2. The zero-order valence-electron chi connectivity index (χ0n) is 10.4. The first kappa shape index (κ1) is 13.3. The third-order valence-electron chi connectivity index (χ3n) is 3.12. The zero-order valence-corrected chi connectivity index (χ0v) is 12.0. The van der Waals surface area contributed by atoms with Gasteiger partial charge in [0.15, 0.2) is 5.13 Å². The Balaban J connectivity index is 1.94. The van der Waals surface area contributed by atoms with Crippen molar-refractivity contribution < 1.29 is 12.8 Å². The average molecular weight is 313 g/mol. The van der Waals surface area contributed by atoms with E-state index in [1.54, 1.807) is 0 Å². The van der Waals surface area contributed by atoms with Gasteiger partial charge in [0.25, 0.3) is 10.0 Å². The van der Waals surface area contributed by atoms with E-state index in [0.29, 0.717) is 5.13 Å².